The molecule has 0 N–H and O–H groups in total. The number of rotatable bonds is 9. The average molecular weight is 467 g/mol. The fourth-order valence-electron chi connectivity index (χ4n) is 3.45. The van der Waals surface area contributed by atoms with Crippen LogP contribution in [-0.2, 0) is 22.0 Å². The van der Waals surface area contributed by atoms with Crippen LogP contribution in [0.4, 0.5) is 0 Å². The Morgan fingerprint density at radius 1 is 0.970 bits per heavy atom. The predicted molar refractivity (Wildman–Crippen MR) is 124 cm³/mol. The Balaban J connectivity index is 1.47. The zero-order valence-electron chi connectivity index (χ0n) is 18.8. The molecule has 33 heavy (non-hydrogen) atoms. The Kier molecular flexibility index (Phi) is 6.65. The van der Waals surface area contributed by atoms with E-state index in [2.05, 4.69) is 24.0 Å². The highest BCUT2D eigenvalue weighted by molar-refractivity contribution is 7.90. The lowest BCUT2D eigenvalue weighted by Crippen LogP contribution is -2.04. The molecule has 172 valence electrons. The molecule has 0 radical (unpaired) electrons. The number of furan rings is 1. The molecule has 0 atom stereocenters. The molecular formula is C25H26N2O5S. The van der Waals surface area contributed by atoms with Crippen molar-refractivity contribution in [2.75, 3.05) is 6.61 Å². The van der Waals surface area contributed by atoms with Gasteiger partial charge in [0.1, 0.15) is 17.3 Å². The van der Waals surface area contributed by atoms with E-state index in [4.69, 9.17) is 13.7 Å². The minimum Gasteiger partial charge on any atom is -0.494 e. The van der Waals surface area contributed by atoms with E-state index in [1.54, 1.807) is 24.3 Å². The Morgan fingerprint density at radius 2 is 1.70 bits per heavy atom. The minimum atomic E-state index is -3.55. The predicted octanol–water partition coefficient (Wildman–Crippen LogP) is 5.57. The number of hydrogen-bond acceptors (Lipinski definition) is 7. The summed E-state index contributed by atoms with van der Waals surface area (Å²) in [7, 11) is -3.55. The first-order valence-corrected chi connectivity index (χ1v) is 12.5. The van der Waals surface area contributed by atoms with Crippen molar-refractivity contribution in [3.8, 4) is 28.8 Å². The van der Waals surface area contributed by atoms with E-state index < -0.39 is 9.84 Å². The van der Waals surface area contributed by atoms with Crippen molar-refractivity contribution in [1.82, 2.24) is 10.1 Å². The van der Waals surface area contributed by atoms with Crippen LogP contribution in [0.1, 0.15) is 32.1 Å². The highest BCUT2D eigenvalue weighted by Crippen LogP contribution is 2.27. The summed E-state index contributed by atoms with van der Waals surface area (Å²) in [6, 6.07) is 17.6. The van der Waals surface area contributed by atoms with Crippen molar-refractivity contribution in [1.29, 1.82) is 0 Å². The molecule has 0 aliphatic carbocycles. The van der Waals surface area contributed by atoms with E-state index >= 15 is 0 Å². The maximum absolute atomic E-state index is 12.8. The van der Waals surface area contributed by atoms with Gasteiger partial charge in [0.2, 0.25) is 5.82 Å². The molecule has 0 aliphatic heterocycles. The molecule has 0 saturated heterocycles. The van der Waals surface area contributed by atoms with Gasteiger partial charge in [0.15, 0.2) is 15.6 Å². The average Bonchev–Trinajstić information content (AvgIpc) is 3.44. The van der Waals surface area contributed by atoms with Gasteiger partial charge < -0.3 is 13.7 Å². The van der Waals surface area contributed by atoms with Gasteiger partial charge in [-0.1, -0.05) is 31.1 Å². The first-order valence-electron chi connectivity index (χ1n) is 10.8. The quantitative estimate of drug-likeness (QED) is 0.318. The van der Waals surface area contributed by atoms with E-state index in [-0.39, 0.29) is 16.5 Å². The van der Waals surface area contributed by atoms with Crippen LogP contribution in [-0.4, -0.2) is 25.2 Å². The van der Waals surface area contributed by atoms with Gasteiger partial charge in [-0.3, -0.25) is 0 Å². The summed E-state index contributed by atoms with van der Waals surface area (Å²) in [5, 5.41) is 3.99. The number of ether oxygens (including phenoxy) is 1. The van der Waals surface area contributed by atoms with Crippen LogP contribution in [0, 0.1) is 5.92 Å². The van der Waals surface area contributed by atoms with Crippen molar-refractivity contribution in [3.63, 3.8) is 0 Å². The molecule has 4 rings (SSSR count). The standard InChI is InChI=1S/C25H26N2O5S/c1-4-30-20-9-7-19(8-10-20)24-26-25(32-27-24)23-14-11-21(31-23)16-33(28,29)22-12-5-18(6-13-22)15-17(2)3/h5-14,17H,4,15-16H2,1-3H3. The summed E-state index contributed by atoms with van der Waals surface area (Å²) < 4.78 is 42.1. The third-order valence-corrected chi connectivity index (χ3v) is 6.64. The fraction of sp³-hybridized carbons (Fsp3) is 0.280. The summed E-state index contributed by atoms with van der Waals surface area (Å²) >= 11 is 0. The Bertz CT molecular complexity index is 1300. The molecule has 0 amide bonds. The van der Waals surface area contributed by atoms with Gasteiger partial charge in [-0.2, -0.15) is 4.98 Å². The second-order valence-corrected chi connectivity index (χ2v) is 10.1. The third kappa shape index (κ3) is 5.51. The Labute approximate surface area is 193 Å². The maximum atomic E-state index is 12.8. The molecule has 0 saturated carbocycles. The molecule has 2 aromatic heterocycles. The maximum Gasteiger partial charge on any atom is 0.293 e. The molecule has 2 aromatic carbocycles. The topological polar surface area (TPSA) is 95.4 Å². The summed E-state index contributed by atoms with van der Waals surface area (Å²) in [4.78, 5) is 4.63. The number of hydrogen-bond donors (Lipinski definition) is 0. The van der Waals surface area contributed by atoms with Crippen molar-refractivity contribution in [2.24, 2.45) is 5.92 Å². The van der Waals surface area contributed by atoms with E-state index in [1.165, 1.54) is 0 Å². The van der Waals surface area contributed by atoms with Crippen molar-refractivity contribution >= 4 is 9.84 Å². The van der Waals surface area contributed by atoms with Gasteiger partial charge in [-0.15, -0.1) is 0 Å². The zero-order chi connectivity index (χ0) is 23.4. The second kappa shape index (κ2) is 9.62. The molecule has 0 aliphatic rings. The second-order valence-electron chi connectivity index (χ2n) is 8.15. The number of sulfone groups is 1. The van der Waals surface area contributed by atoms with E-state index in [9.17, 15) is 8.42 Å². The Hall–Kier alpha value is -3.39. The van der Waals surface area contributed by atoms with E-state index in [0.717, 1.165) is 23.3 Å². The minimum absolute atomic E-state index is 0.181. The normalized spacial score (nSPS) is 11.8. The molecule has 0 spiro atoms. The van der Waals surface area contributed by atoms with Gasteiger partial charge >= 0.3 is 0 Å². The van der Waals surface area contributed by atoms with Gasteiger partial charge in [-0.05, 0) is 73.4 Å². The van der Waals surface area contributed by atoms with Crippen molar-refractivity contribution in [2.45, 2.75) is 37.8 Å². The largest absolute Gasteiger partial charge is 0.494 e. The fourth-order valence-corrected chi connectivity index (χ4v) is 4.70. The molecule has 7 nitrogen and oxygen atoms in total. The van der Waals surface area contributed by atoms with Crippen LogP contribution in [0.5, 0.6) is 5.75 Å². The van der Waals surface area contributed by atoms with Crippen LogP contribution < -0.4 is 4.74 Å². The number of nitrogens with zero attached hydrogens (tertiary/aromatic N) is 2. The van der Waals surface area contributed by atoms with Crippen LogP contribution in [0.25, 0.3) is 23.0 Å². The van der Waals surface area contributed by atoms with E-state index in [0.29, 0.717) is 29.9 Å². The highest BCUT2D eigenvalue weighted by Gasteiger charge is 2.20. The molecule has 2 heterocycles. The summed E-state index contributed by atoms with van der Waals surface area (Å²) in [6.45, 7) is 6.77. The SMILES string of the molecule is CCOc1ccc(-c2noc(-c3ccc(CS(=O)(=O)c4ccc(CC(C)C)cc4)o3)n2)cc1. The third-order valence-electron chi connectivity index (χ3n) is 4.98. The zero-order valence-corrected chi connectivity index (χ0v) is 19.6. The van der Waals surface area contributed by atoms with Crippen LogP contribution in [0.3, 0.4) is 0 Å². The van der Waals surface area contributed by atoms with Gasteiger partial charge in [0, 0.05) is 5.56 Å². The monoisotopic (exact) mass is 466 g/mol. The molecule has 0 bridgehead atoms. The first-order chi connectivity index (χ1) is 15.8. The summed E-state index contributed by atoms with van der Waals surface area (Å²) in [6.07, 6.45) is 0.907. The first kappa shape index (κ1) is 22.8. The van der Waals surface area contributed by atoms with Crippen LogP contribution in [0.2, 0.25) is 0 Å². The lowest BCUT2D eigenvalue weighted by Gasteiger charge is -2.07. The Morgan fingerprint density at radius 3 is 2.36 bits per heavy atom. The summed E-state index contributed by atoms with van der Waals surface area (Å²) in [5.74, 6) is 2.22. The van der Waals surface area contributed by atoms with Crippen LogP contribution >= 0.6 is 0 Å². The molecule has 8 heteroatoms. The van der Waals surface area contributed by atoms with Gasteiger partial charge in [-0.25, -0.2) is 8.42 Å². The van der Waals surface area contributed by atoms with Gasteiger partial charge in [0.05, 0.1) is 11.5 Å². The molecule has 4 aromatic rings. The number of benzene rings is 2. The van der Waals surface area contributed by atoms with Crippen molar-refractivity contribution < 1.29 is 22.1 Å². The van der Waals surface area contributed by atoms with Gasteiger partial charge in [0.25, 0.3) is 5.89 Å². The molecular weight excluding hydrogens is 440 g/mol. The molecule has 0 unspecified atom stereocenters. The lowest BCUT2D eigenvalue weighted by molar-refractivity contribution is 0.340. The highest BCUT2D eigenvalue weighted by atomic mass is 32.2. The lowest BCUT2D eigenvalue weighted by atomic mass is 10.0. The molecule has 0 fully saturated rings. The van der Waals surface area contributed by atoms with E-state index in [1.807, 2.05) is 43.3 Å². The van der Waals surface area contributed by atoms with Crippen LogP contribution in [0.15, 0.2) is 74.5 Å². The smallest absolute Gasteiger partial charge is 0.293 e. The van der Waals surface area contributed by atoms with Crippen molar-refractivity contribution in [3.05, 3.63) is 72.0 Å². The number of aromatic nitrogens is 2. The summed E-state index contributed by atoms with van der Waals surface area (Å²) in [5.41, 5.74) is 1.88.